The lowest BCUT2D eigenvalue weighted by Gasteiger charge is -2.17. The lowest BCUT2D eigenvalue weighted by atomic mass is 10.0. The van der Waals surface area contributed by atoms with Crippen LogP contribution in [0.15, 0.2) is 18.2 Å². The van der Waals surface area contributed by atoms with Crippen molar-refractivity contribution in [2.45, 2.75) is 51.6 Å². The van der Waals surface area contributed by atoms with Gasteiger partial charge in [0, 0.05) is 28.2 Å². The molecule has 1 aliphatic carbocycles. The molecule has 1 N–H and O–H groups in total. The van der Waals surface area contributed by atoms with E-state index in [1.165, 1.54) is 32.1 Å². The van der Waals surface area contributed by atoms with Crippen LogP contribution in [-0.2, 0) is 6.54 Å². The molecule has 1 saturated carbocycles. The van der Waals surface area contributed by atoms with Crippen LogP contribution in [0.4, 0.5) is 0 Å². The first-order valence-corrected chi connectivity index (χ1v) is 7.58. The molecule has 1 nitrogen and oxygen atoms in total. The number of hydrogen-bond acceptors (Lipinski definition) is 1. The van der Waals surface area contributed by atoms with Crippen LogP contribution < -0.4 is 5.32 Å². The van der Waals surface area contributed by atoms with Crippen LogP contribution in [0.3, 0.4) is 0 Å². The third-order valence-electron chi connectivity index (χ3n) is 3.89. The van der Waals surface area contributed by atoms with Gasteiger partial charge < -0.3 is 5.32 Å². The molecule has 0 heterocycles. The lowest BCUT2D eigenvalue weighted by molar-refractivity contribution is 0.447. The van der Waals surface area contributed by atoms with Crippen LogP contribution >= 0.6 is 23.2 Å². The number of benzene rings is 1. The van der Waals surface area contributed by atoms with Gasteiger partial charge in [-0.25, -0.2) is 0 Å². The molecule has 0 radical (unpaired) electrons. The molecule has 1 fully saturated rings. The summed E-state index contributed by atoms with van der Waals surface area (Å²) in [5.74, 6) is 0.876. The van der Waals surface area contributed by atoms with E-state index in [4.69, 9.17) is 23.2 Å². The summed E-state index contributed by atoms with van der Waals surface area (Å²) in [6.45, 7) is 3.13. The molecule has 0 saturated heterocycles. The Morgan fingerprint density at radius 3 is 2.56 bits per heavy atom. The molecular weight excluding hydrogens is 265 g/mol. The maximum Gasteiger partial charge on any atom is 0.0465 e. The van der Waals surface area contributed by atoms with Crippen molar-refractivity contribution >= 4 is 23.2 Å². The zero-order valence-corrected chi connectivity index (χ0v) is 12.4. The van der Waals surface area contributed by atoms with E-state index in [1.54, 1.807) is 0 Å². The number of nitrogens with one attached hydrogen (secondary N) is 1. The van der Waals surface area contributed by atoms with Crippen LogP contribution in [0.1, 0.15) is 44.6 Å². The van der Waals surface area contributed by atoms with E-state index in [2.05, 4.69) is 12.2 Å². The smallest absolute Gasteiger partial charge is 0.0465 e. The SMILES string of the molecule is CC1CCCC(NCc2c(Cl)cccc2Cl)CC1. The van der Waals surface area contributed by atoms with Crippen molar-refractivity contribution in [2.24, 2.45) is 5.92 Å². The Labute approximate surface area is 120 Å². The summed E-state index contributed by atoms with van der Waals surface area (Å²) < 4.78 is 0. The molecule has 2 atom stereocenters. The summed E-state index contributed by atoms with van der Waals surface area (Å²) in [7, 11) is 0. The molecule has 0 aliphatic heterocycles. The van der Waals surface area contributed by atoms with Crippen molar-refractivity contribution in [3.05, 3.63) is 33.8 Å². The Hall–Kier alpha value is -0.240. The van der Waals surface area contributed by atoms with Gasteiger partial charge >= 0.3 is 0 Å². The second kappa shape index (κ2) is 6.79. The van der Waals surface area contributed by atoms with Gasteiger partial charge in [-0.2, -0.15) is 0 Å². The standard InChI is InChI=1S/C15H21Cl2N/c1-11-4-2-5-12(9-8-11)18-10-13-14(16)6-3-7-15(13)17/h3,6-7,11-12,18H,2,4-5,8-10H2,1H3. The van der Waals surface area contributed by atoms with E-state index in [9.17, 15) is 0 Å². The second-order valence-corrected chi connectivity index (χ2v) is 6.21. The highest BCUT2D eigenvalue weighted by atomic mass is 35.5. The predicted molar refractivity (Wildman–Crippen MR) is 79.3 cm³/mol. The topological polar surface area (TPSA) is 12.0 Å². The highest BCUT2D eigenvalue weighted by molar-refractivity contribution is 6.35. The second-order valence-electron chi connectivity index (χ2n) is 5.39. The first kappa shape index (κ1) is 14.2. The largest absolute Gasteiger partial charge is 0.310 e. The van der Waals surface area contributed by atoms with Gasteiger partial charge in [0.15, 0.2) is 0 Å². The molecule has 100 valence electrons. The lowest BCUT2D eigenvalue weighted by Crippen LogP contribution is -2.28. The molecule has 1 aromatic carbocycles. The summed E-state index contributed by atoms with van der Waals surface area (Å²) in [5, 5.41) is 5.13. The van der Waals surface area contributed by atoms with Crippen LogP contribution in [0.5, 0.6) is 0 Å². The van der Waals surface area contributed by atoms with Crippen molar-refractivity contribution in [3.8, 4) is 0 Å². The van der Waals surface area contributed by atoms with Crippen molar-refractivity contribution < 1.29 is 0 Å². The van der Waals surface area contributed by atoms with E-state index >= 15 is 0 Å². The maximum atomic E-state index is 6.18. The number of hydrogen-bond donors (Lipinski definition) is 1. The first-order valence-electron chi connectivity index (χ1n) is 6.83. The molecule has 2 rings (SSSR count). The zero-order valence-electron chi connectivity index (χ0n) is 10.9. The molecule has 1 aliphatic rings. The summed E-state index contributed by atoms with van der Waals surface area (Å²) in [4.78, 5) is 0. The quantitative estimate of drug-likeness (QED) is 0.766. The Bertz CT molecular complexity index is 372. The molecule has 1 aromatic rings. The molecule has 0 amide bonds. The summed E-state index contributed by atoms with van der Waals surface area (Å²) >= 11 is 12.4. The van der Waals surface area contributed by atoms with Gasteiger partial charge in [0.2, 0.25) is 0 Å². The minimum Gasteiger partial charge on any atom is -0.310 e. The average Bonchev–Trinajstić information content (AvgIpc) is 2.54. The number of halogens is 2. The van der Waals surface area contributed by atoms with E-state index in [-0.39, 0.29) is 0 Å². The maximum absolute atomic E-state index is 6.18. The first-order chi connectivity index (χ1) is 8.66. The Morgan fingerprint density at radius 2 is 1.83 bits per heavy atom. The van der Waals surface area contributed by atoms with Gasteiger partial charge in [0.25, 0.3) is 0 Å². The van der Waals surface area contributed by atoms with Gasteiger partial charge in [-0.05, 0) is 37.3 Å². The van der Waals surface area contributed by atoms with Crippen molar-refractivity contribution in [3.63, 3.8) is 0 Å². The molecule has 0 aromatic heterocycles. The number of rotatable bonds is 3. The molecule has 0 spiro atoms. The highest BCUT2D eigenvalue weighted by Crippen LogP contribution is 2.26. The normalized spacial score (nSPS) is 24.8. The fraction of sp³-hybridized carbons (Fsp3) is 0.600. The Kier molecular flexibility index (Phi) is 5.35. The van der Waals surface area contributed by atoms with E-state index in [0.29, 0.717) is 6.04 Å². The monoisotopic (exact) mass is 285 g/mol. The Balaban J connectivity index is 1.91. The molecular formula is C15H21Cl2N. The highest BCUT2D eigenvalue weighted by Gasteiger charge is 2.16. The molecule has 18 heavy (non-hydrogen) atoms. The molecule has 2 unspecified atom stereocenters. The van der Waals surface area contributed by atoms with Gasteiger partial charge in [0.05, 0.1) is 0 Å². The van der Waals surface area contributed by atoms with Gasteiger partial charge in [-0.1, -0.05) is 49.0 Å². The van der Waals surface area contributed by atoms with Gasteiger partial charge in [0.1, 0.15) is 0 Å². The molecule has 0 bridgehead atoms. The zero-order chi connectivity index (χ0) is 13.0. The van der Waals surface area contributed by atoms with E-state index < -0.39 is 0 Å². The van der Waals surface area contributed by atoms with Crippen molar-refractivity contribution in [1.82, 2.24) is 5.32 Å². The van der Waals surface area contributed by atoms with Crippen LogP contribution in [0.2, 0.25) is 10.0 Å². The Morgan fingerprint density at radius 1 is 1.11 bits per heavy atom. The van der Waals surface area contributed by atoms with E-state index in [1.807, 2.05) is 18.2 Å². The van der Waals surface area contributed by atoms with Crippen LogP contribution in [0.25, 0.3) is 0 Å². The van der Waals surface area contributed by atoms with Crippen LogP contribution in [-0.4, -0.2) is 6.04 Å². The fourth-order valence-corrected chi connectivity index (χ4v) is 3.17. The predicted octanol–water partition coefficient (Wildman–Crippen LogP) is 5.05. The van der Waals surface area contributed by atoms with Crippen molar-refractivity contribution in [2.75, 3.05) is 0 Å². The fourth-order valence-electron chi connectivity index (χ4n) is 2.64. The van der Waals surface area contributed by atoms with Gasteiger partial charge in [-0.15, -0.1) is 0 Å². The summed E-state index contributed by atoms with van der Waals surface area (Å²) in [6, 6.07) is 6.31. The summed E-state index contributed by atoms with van der Waals surface area (Å²) in [5.41, 5.74) is 1.03. The van der Waals surface area contributed by atoms with E-state index in [0.717, 1.165) is 28.1 Å². The minimum absolute atomic E-state index is 0.613. The third kappa shape index (κ3) is 3.88. The average molecular weight is 286 g/mol. The summed E-state index contributed by atoms with van der Waals surface area (Å²) in [6.07, 6.45) is 6.56. The van der Waals surface area contributed by atoms with Crippen molar-refractivity contribution in [1.29, 1.82) is 0 Å². The van der Waals surface area contributed by atoms with Crippen LogP contribution in [0, 0.1) is 5.92 Å². The molecule has 3 heteroatoms. The third-order valence-corrected chi connectivity index (χ3v) is 4.59. The minimum atomic E-state index is 0.613. The van der Waals surface area contributed by atoms with Gasteiger partial charge in [-0.3, -0.25) is 0 Å².